The van der Waals surface area contributed by atoms with Gasteiger partial charge >= 0.3 is 12.1 Å². The van der Waals surface area contributed by atoms with Crippen LogP contribution in [0.4, 0.5) is 13.2 Å². The third kappa shape index (κ3) is 7.17. The number of likely N-dealkylation sites (tertiary alicyclic amines) is 1. The molecule has 0 aliphatic carbocycles. The molecule has 2 saturated heterocycles. The number of pyridine rings is 1. The third-order valence-electron chi connectivity index (χ3n) is 7.94. The van der Waals surface area contributed by atoms with E-state index in [0.29, 0.717) is 29.3 Å². The quantitative estimate of drug-likeness (QED) is 0.296. The number of carbonyl (C=O) groups excluding carboxylic acids is 2. The number of amides is 1. The molecular formula is C31H38BrF3N2O6. The predicted octanol–water partition coefficient (Wildman–Crippen LogP) is 6.50. The van der Waals surface area contributed by atoms with E-state index in [1.165, 1.54) is 12.0 Å². The molecule has 0 unspecified atom stereocenters. The van der Waals surface area contributed by atoms with E-state index in [4.69, 9.17) is 18.9 Å². The Hall–Kier alpha value is -2.70. The van der Waals surface area contributed by atoms with Gasteiger partial charge in [-0.15, -0.1) is 0 Å². The van der Waals surface area contributed by atoms with Crippen molar-refractivity contribution in [3.8, 4) is 5.88 Å². The summed E-state index contributed by atoms with van der Waals surface area (Å²) in [6.07, 6.45) is -3.35. The number of carbonyl (C=O) groups is 2. The molecule has 0 N–H and O–H groups in total. The van der Waals surface area contributed by atoms with Crippen LogP contribution in [0.15, 0.2) is 41.0 Å². The highest BCUT2D eigenvalue weighted by atomic mass is 79.9. The van der Waals surface area contributed by atoms with Crippen molar-refractivity contribution < 1.29 is 41.7 Å². The van der Waals surface area contributed by atoms with Crippen LogP contribution in [0.1, 0.15) is 69.7 Å². The van der Waals surface area contributed by atoms with E-state index < -0.39 is 53.3 Å². The number of benzene rings is 1. The summed E-state index contributed by atoms with van der Waals surface area (Å²) in [6, 6.07) is 6.43. The highest BCUT2D eigenvalue weighted by molar-refractivity contribution is 9.10. The first-order chi connectivity index (χ1) is 20.3. The predicted molar refractivity (Wildman–Crippen MR) is 155 cm³/mol. The first-order valence-electron chi connectivity index (χ1n) is 14.4. The standard InChI is InChI=1S/C31H38BrF3N2O6/c1-6-41-29(39)25-23(30(2,3)4)26(43-17-18-15-19(31(33,34)35)16-36-27(18)40-5)24(20-11-7-8-12-21(20)32)37(25)28(38)22-13-9-10-14-42-22/h7-8,11-12,15-16,22-26H,6,9-10,13-14,17H2,1-5H3/t22-,23+,24-,25-,26-/m0/s1. The highest BCUT2D eigenvalue weighted by Crippen LogP contribution is 2.51. The molecule has 43 heavy (non-hydrogen) atoms. The summed E-state index contributed by atoms with van der Waals surface area (Å²) >= 11 is 3.62. The van der Waals surface area contributed by atoms with Crippen LogP contribution >= 0.6 is 15.9 Å². The van der Waals surface area contributed by atoms with E-state index in [2.05, 4.69) is 20.9 Å². The second-order valence-corrected chi connectivity index (χ2v) is 12.7. The van der Waals surface area contributed by atoms with Crippen LogP contribution in [-0.2, 0) is 36.6 Å². The summed E-state index contributed by atoms with van der Waals surface area (Å²) in [6.45, 7) is 7.74. The number of aromatic nitrogens is 1. The number of hydrogen-bond acceptors (Lipinski definition) is 7. The first kappa shape index (κ1) is 33.2. The second kappa shape index (κ2) is 13.5. The van der Waals surface area contributed by atoms with Gasteiger partial charge in [-0.1, -0.05) is 54.9 Å². The second-order valence-electron chi connectivity index (χ2n) is 11.8. The first-order valence-corrected chi connectivity index (χ1v) is 15.1. The molecule has 4 rings (SSSR count). The minimum absolute atomic E-state index is 0.0128. The van der Waals surface area contributed by atoms with E-state index in [9.17, 15) is 22.8 Å². The van der Waals surface area contributed by atoms with Gasteiger partial charge < -0.3 is 23.8 Å². The van der Waals surface area contributed by atoms with Gasteiger partial charge in [0.15, 0.2) is 0 Å². The van der Waals surface area contributed by atoms with Crippen LogP contribution in [-0.4, -0.2) is 60.3 Å². The summed E-state index contributed by atoms with van der Waals surface area (Å²) in [4.78, 5) is 33.5. The fraction of sp³-hybridized carbons (Fsp3) is 0.581. The van der Waals surface area contributed by atoms with Crippen LogP contribution in [0.5, 0.6) is 5.88 Å². The Morgan fingerprint density at radius 3 is 2.47 bits per heavy atom. The van der Waals surface area contributed by atoms with Crippen LogP contribution in [0.2, 0.25) is 0 Å². The zero-order chi connectivity index (χ0) is 31.5. The van der Waals surface area contributed by atoms with Gasteiger partial charge in [-0.25, -0.2) is 9.78 Å². The fourth-order valence-electron chi connectivity index (χ4n) is 6.07. The van der Waals surface area contributed by atoms with Crippen molar-refractivity contribution in [2.45, 2.75) is 84.0 Å². The van der Waals surface area contributed by atoms with Crippen molar-refractivity contribution in [1.29, 1.82) is 0 Å². The molecule has 12 heteroatoms. The lowest BCUT2D eigenvalue weighted by molar-refractivity contribution is -0.162. The van der Waals surface area contributed by atoms with E-state index in [1.54, 1.807) is 6.92 Å². The van der Waals surface area contributed by atoms with E-state index >= 15 is 0 Å². The fourth-order valence-corrected chi connectivity index (χ4v) is 6.59. The van der Waals surface area contributed by atoms with Crippen molar-refractivity contribution >= 4 is 27.8 Å². The van der Waals surface area contributed by atoms with Crippen LogP contribution in [0.3, 0.4) is 0 Å². The summed E-state index contributed by atoms with van der Waals surface area (Å²) < 4.78 is 64.7. The lowest BCUT2D eigenvalue weighted by atomic mass is 9.73. The van der Waals surface area contributed by atoms with Gasteiger partial charge in [0.2, 0.25) is 5.88 Å². The number of rotatable bonds is 8. The topological polar surface area (TPSA) is 87.2 Å². The number of esters is 1. The van der Waals surface area contributed by atoms with Crippen molar-refractivity contribution in [2.75, 3.05) is 20.3 Å². The van der Waals surface area contributed by atoms with Gasteiger partial charge in [0.25, 0.3) is 5.91 Å². The Morgan fingerprint density at radius 1 is 1.16 bits per heavy atom. The molecule has 2 fully saturated rings. The van der Waals surface area contributed by atoms with Crippen LogP contribution in [0, 0.1) is 11.3 Å². The average molecular weight is 672 g/mol. The summed E-state index contributed by atoms with van der Waals surface area (Å²) in [5.41, 5.74) is -0.778. The normalized spacial score (nSPS) is 24.6. The zero-order valence-electron chi connectivity index (χ0n) is 24.9. The van der Waals surface area contributed by atoms with Gasteiger partial charge in [0.1, 0.15) is 12.1 Å². The lowest BCUT2D eigenvalue weighted by Crippen LogP contribution is -2.51. The molecule has 1 amide bonds. The number of alkyl halides is 3. The van der Waals surface area contributed by atoms with Gasteiger partial charge in [-0.05, 0) is 49.3 Å². The molecule has 236 valence electrons. The van der Waals surface area contributed by atoms with Gasteiger partial charge in [0, 0.05) is 28.8 Å². The maximum Gasteiger partial charge on any atom is 0.417 e. The molecule has 8 nitrogen and oxygen atoms in total. The van der Waals surface area contributed by atoms with E-state index in [0.717, 1.165) is 18.9 Å². The Morgan fingerprint density at radius 2 is 1.88 bits per heavy atom. The number of hydrogen-bond donors (Lipinski definition) is 0. The minimum Gasteiger partial charge on any atom is -0.481 e. The average Bonchev–Trinajstić information content (AvgIpc) is 3.31. The Labute approximate surface area is 258 Å². The van der Waals surface area contributed by atoms with Gasteiger partial charge in [-0.3, -0.25) is 4.79 Å². The molecule has 1 aromatic heterocycles. The highest BCUT2D eigenvalue weighted by Gasteiger charge is 2.60. The largest absolute Gasteiger partial charge is 0.481 e. The molecule has 2 aromatic rings. The SMILES string of the molecule is CCOC(=O)[C@@H]1[C@@H](C(C)(C)C)[C@H](OCc2cc(C(F)(F)F)cnc2OC)[C@H](c2ccccc2Br)N1C(=O)[C@@H]1CCCCO1. The monoisotopic (exact) mass is 670 g/mol. The molecule has 2 aliphatic rings. The summed E-state index contributed by atoms with van der Waals surface area (Å²) in [5.74, 6) is -1.55. The zero-order valence-corrected chi connectivity index (χ0v) is 26.5. The molecule has 0 bridgehead atoms. The molecule has 0 spiro atoms. The Balaban J connectivity index is 1.87. The summed E-state index contributed by atoms with van der Waals surface area (Å²) in [7, 11) is 1.32. The van der Waals surface area contributed by atoms with Crippen molar-refractivity contribution in [2.24, 2.45) is 11.3 Å². The van der Waals surface area contributed by atoms with Crippen molar-refractivity contribution in [1.82, 2.24) is 9.88 Å². The summed E-state index contributed by atoms with van der Waals surface area (Å²) in [5, 5.41) is 0. The van der Waals surface area contributed by atoms with Crippen molar-refractivity contribution in [3.63, 3.8) is 0 Å². The molecule has 0 saturated carbocycles. The molecule has 0 radical (unpaired) electrons. The molecule has 3 heterocycles. The Bertz CT molecular complexity index is 1300. The number of methoxy groups -OCH3 is 1. The molecule has 2 aliphatic heterocycles. The Kier molecular flexibility index (Phi) is 10.4. The number of ether oxygens (including phenoxy) is 4. The number of nitrogens with zero attached hydrogens (tertiary/aromatic N) is 2. The van der Waals surface area contributed by atoms with E-state index in [-0.39, 0.29) is 30.6 Å². The molecular weight excluding hydrogens is 633 g/mol. The smallest absolute Gasteiger partial charge is 0.417 e. The molecule has 1 aromatic carbocycles. The number of halogens is 4. The van der Waals surface area contributed by atoms with Crippen LogP contribution in [0.25, 0.3) is 0 Å². The van der Waals surface area contributed by atoms with Gasteiger partial charge in [0.05, 0.1) is 38.0 Å². The van der Waals surface area contributed by atoms with Gasteiger partial charge in [-0.2, -0.15) is 13.2 Å². The minimum atomic E-state index is -4.62. The lowest BCUT2D eigenvalue weighted by Gasteiger charge is -2.36. The van der Waals surface area contributed by atoms with Crippen LogP contribution < -0.4 is 4.74 Å². The van der Waals surface area contributed by atoms with Crippen molar-refractivity contribution in [3.05, 3.63) is 57.7 Å². The third-order valence-corrected chi connectivity index (χ3v) is 8.67. The maximum atomic E-state index is 14.3. The van der Waals surface area contributed by atoms with E-state index in [1.807, 2.05) is 45.0 Å². The maximum absolute atomic E-state index is 14.3. The molecule has 5 atom stereocenters.